The quantitative estimate of drug-likeness (QED) is 0.0979. The molecule has 5 aromatic rings. The fourth-order valence-corrected chi connectivity index (χ4v) is 11.6. The molecule has 1 fully saturated rings. The van der Waals surface area contributed by atoms with Crippen LogP contribution in [-0.2, 0) is 39.4 Å². The second kappa shape index (κ2) is 19.6. The Morgan fingerprint density at radius 3 is 2.29 bits per heavy atom. The minimum absolute atomic E-state index is 0.163. The van der Waals surface area contributed by atoms with Gasteiger partial charge < -0.3 is 10.2 Å². The number of benzene rings is 4. The van der Waals surface area contributed by atoms with Gasteiger partial charge in [0.1, 0.15) is 11.2 Å². The molecule has 7 rings (SSSR count). The van der Waals surface area contributed by atoms with Gasteiger partial charge in [-0.1, -0.05) is 66.2 Å². The van der Waals surface area contributed by atoms with Gasteiger partial charge in [0.2, 0.25) is 10.0 Å². The van der Waals surface area contributed by atoms with Crippen LogP contribution in [-0.4, -0.2) is 105 Å². The Bertz CT molecular complexity index is 2620. The van der Waals surface area contributed by atoms with Crippen LogP contribution in [0.15, 0.2) is 112 Å². The number of sulfonamides is 1. The minimum atomic E-state index is -6.21. The molecule has 2 atom stereocenters. The summed E-state index contributed by atoms with van der Waals surface area (Å²) in [6.07, 6.45) is 3.52. The zero-order valence-corrected chi connectivity index (χ0v) is 38.4. The highest BCUT2D eigenvalue weighted by Crippen LogP contribution is 2.46. The van der Waals surface area contributed by atoms with Crippen molar-refractivity contribution in [3.8, 4) is 22.4 Å². The van der Waals surface area contributed by atoms with E-state index in [1.165, 1.54) is 17.3 Å². The van der Waals surface area contributed by atoms with Gasteiger partial charge in [0.15, 0.2) is 0 Å². The molecule has 0 unspecified atom stereocenters. The molecule has 3 N–H and O–H groups in total. The molecule has 3 heterocycles. The Morgan fingerprint density at radius 2 is 1.62 bits per heavy atom. The molecular weight excluding hydrogens is 891 g/mol. The number of rotatable bonds is 15. The zero-order valence-electron chi connectivity index (χ0n) is 35.2. The molecule has 1 aromatic heterocycles. The summed E-state index contributed by atoms with van der Waals surface area (Å²) in [5, 5.41) is 9.46. The number of anilines is 1. The molecule has 0 radical (unpaired) electrons. The minimum Gasteiger partial charge on any atom is -0.380 e. The van der Waals surface area contributed by atoms with Gasteiger partial charge >= 0.3 is 5.51 Å². The van der Waals surface area contributed by atoms with E-state index in [0.717, 1.165) is 67.0 Å². The molecule has 0 saturated carbocycles. The van der Waals surface area contributed by atoms with Crippen molar-refractivity contribution < 1.29 is 30.0 Å². The first-order chi connectivity index (χ1) is 29.9. The number of nitrogens with one attached hydrogen (secondary N) is 1. The van der Waals surface area contributed by atoms with Gasteiger partial charge in [-0.05, 0) is 119 Å². The maximum atomic E-state index is 14.8. The summed E-state index contributed by atoms with van der Waals surface area (Å²) in [6.45, 7) is 5.28. The van der Waals surface area contributed by atoms with Gasteiger partial charge in [-0.3, -0.25) is 9.80 Å². The van der Waals surface area contributed by atoms with Gasteiger partial charge in [-0.2, -0.15) is 13.2 Å². The van der Waals surface area contributed by atoms with Crippen molar-refractivity contribution in [3.05, 3.63) is 119 Å². The van der Waals surface area contributed by atoms with Crippen molar-refractivity contribution in [2.24, 2.45) is 5.14 Å². The Morgan fingerprint density at radius 1 is 0.937 bits per heavy atom. The topological polar surface area (TPSA) is 142 Å². The molecule has 4 aromatic carbocycles. The van der Waals surface area contributed by atoms with Crippen LogP contribution in [0.4, 0.5) is 18.9 Å². The SMILES string of the molecule is C[C@@H]1Cc2c(ncnc2-c2c(S(N)(=O)=O)ccc(N[C@H](CCN(C)C)CSc3ccccc3)c2S(=O)(=O)C(F)(F)F)CN1C1CCN(Cc2ccccc2-c2ccc(Cl)cc2)CC1. The smallest absolute Gasteiger partial charge is 0.380 e. The van der Waals surface area contributed by atoms with Crippen molar-refractivity contribution >= 4 is 48.9 Å². The molecule has 0 aliphatic carbocycles. The van der Waals surface area contributed by atoms with Crippen LogP contribution in [0.5, 0.6) is 0 Å². The highest BCUT2D eigenvalue weighted by Gasteiger charge is 2.51. The number of fused-ring (bicyclic) bond motifs is 1. The first-order valence-corrected chi connectivity index (χ1v) is 25.1. The number of alkyl halides is 3. The lowest BCUT2D eigenvalue weighted by Crippen LogP contribution is -2.50. The monoisotopic (exact) mass is 941 g/mol. The maximum absolute atomic E-state index is 14.8. The summed E-state index contributed by atoms with van der Waals surface area (Å²) >= 11 is 7.62. The summed E-state index contributed by atoms with van der Waals surface area (Å²) in [4.78, 5) is 14.5. The maximum Gasteiger partial charge on any atom is 0.502 e. The van der Waals surface area contributed by atoms with E-state index in [2.05, 4.69) is 37.2 Å². The zero-order chi connectivity index (χ0) is 45.1. The Hall–Kier alpha value is -4.07. The third-order valence-electron chi connectivity index (χ3n) is 11.7. The predicted octanol–water partition coefficient (Wildman–Crippen LogP) is 8.34. The second-order valence-corrected chi connectivity index (χ2v) is 21.3. The molecule has 0 bridgehead atoms. The lowest BCUT2D eigenvalue weighted by atomic mass is 9.90. The van der Waals surface area contributed by atoms with Crippen LogP contribution in [0.25, 0.3) is 22.4 Å². The number of nitrogens with two attached hydrogens (primary N) is 1. The summed E-state index contributed by atoms with van der Waals surface area (Å²) in [5.41, 5.74) is -2.80. The third kappa shape index (κ3) is 10.9. The summed E-state index contributed by atoms with van der Waals surface area (Å²) < 4.78 is 98.8. The number of hydrogen-bond acceptors (Lipinski definition) is 11. The summed E-state index contributed by atoms with van der Waals surface area (Å²) in [7, 11) is -7.29. The van der Waals surface area contributed by atoms with E-state index in [1.807, 2.05) is 92.6 Å². The van der Waals surface area contributed by atoms with Crippen LogP contribution in [0.1, 0.15) is 43.0 Å². The molecule has 2 aliphatic heterocycles. The van der Waals surface area contributed by atoms with Crippen molar-refractivity contribution in [1.29, 1.82) is 0 Å². The summed E-state index contributed by atoms with van der Waals surface area (Å²) in [5.74, 6) is 0.363. The van der Waals surface area contributed by atoms with Gasteiger partial charge in [0.25, 0.3) is 9.84 Å². The summed E-state index contributed by atoms with van der Waals surface area (Å²) in [6, 6.07) is 27.1. The lowest BCUT2D eigenvalue weighted by Gasteiger charge is -2.44. The predicted molar refractivity (Wildman–Crippen MR) is 244 cm³/mol. The van der Waals surface area contributed by atoms with E-state index >= 15 is 0 Å². The second-order valence-electron chi connectivity index (χ2n) is 16.4. The van der Waals surface area contributed by atoms with Crippen molar-refractivity contribution in [2.45, 2.75) is 84.0 Å². The van der Waals surface area contributed by atoms with E-state index in [0.29, 0.717) is 41.5 Å². The van der Waals surface area contributed by atoms with Gasteiger partial charge in [0.05, 0.1) is 22.0 Å². The largest absolute Gasteiger partial charge is 0.502 e. The first kappa shape index (κ1) is 46.9. The number of halogens is 4. The Balaban J connectivity index is 1.20. The van der Waals surface area contributed by atoms with E-state index in [-0.39, 0.29) is 24.2 Å². The van der Waals surface area contributed by atoms with E-state index < -0.39 is 52.5 Å². The van der Waals surface area contributed by atoms with Crippen LogP contribution < -0.4 is 10.5 Å². The Labute approximate surface area is 377 Å². The molecule has 2 aliphatic rings. The number of aromatic nitrogens is 2. The highest BCUT2D eigenvalue weighted by atomic mass is 35.5. The van der Waals surface area contributed by atoms with Crippen LogP contribution >= 0.6 is 23.4 Å². The number of primary sulfonamides is 1. The average Bonchev–Trinajstić information content (AvgIpc) is 3.24. The normalized spacial score (nSPS) is 17.4. The van der Waals surface area contributed by atoms with Gasteiger partial charge in [0, 0.05) is 58.0 Å². The van der Waals surface area contributed by atoms with Gasteiger partial charge in [-0.15, -0.1) is 11.8 Å². The number of sulfone groups is 1. The Kier molecular flexibility index (Phi) is 14.6. The van der Waals surface area contributed by atoms with Crippen molar-refractivity contribution in [1.82, 2.24) is 24.7 Å². The number of hydrogen-bond donors (Lipinski definition) is 2. The van der Waals surface area contributed by atoms with E-state index in [1.54, 1.807) is 0 Å². The van der Waals surface area contributed by atoms with E-state index in [4.69, 9.17) is 16.7 Å². The molecule has 0 spiro atoms. The number of likely N-dealkylation sites (tertiary alicyclic amines) is 1. The standard InChI is InChI=1S/C45H51ClF3N7O4S3/c1-30-25-38-40(27-56(30)35-20-23-55(24-21-35)26-32-9-7-8-12-37(32)31-13-15-33(46)16-14-31)51-29-52-43(38)42-41(63(50,59)60)18-17-39(44(42)62(57,58)45(47,48)49)53-34(19-22-54(2)3)28-61-36-10-5-4-6-11-36/h4-18,29-30,34-35,53H,19-28H2,1-3H3,(H2,50,59,60)/t30-,34-/m1/s1. The molecule has 18 heteroatoms. The van der Waals surface area contributed by atoms with Crippen LogP contribution in [0, 0.1) is 0 Å². The fraction of sp³-hybridized carbons (Fsp3) is 0.378. The number of piperidine rings is 1. The molecule has 11 nitrogen and oxygen atoms in total. The van der Waals surface area contributed by atoms with E-state index in [9.17, 15) is 30.0 Å². The first-order valence-electron chi connectivity index (χ1n) is 20.7. The van der Waals surface area contributed by atoms with Crippen molar-refractivity contribution in [2.75, 3.05) is 44.8 Å². The number of nitrogens with zero attached hydrogens (tertiary/aromatic N) is 5. The molecule has 0 amide bonds. The van der Waals surface area contributed by atoms with Crippen molar-refractivity contribution in [3.63, 3.8) is 0 Å². The average molecular weight is 943 g/mol. The molecule has 336 valence electrons. The molecular formula is C45H51ClF3N7O4S3. The van der Waals surface area contributed by atoms with Crippen LogP contribution in [0.2, 0.25) is 5.02 Å². The third-order valence-corrected chi connectivity index (χ3v) is 15.7. The highest BCUT2D eigenvalue weighted by molar-refractivity contribution is 7.99. The van der Waals surface area contributed by atoms with Crippen LogP contribution in [0.3, 0.4) is 0 Å². The fourth-order valence-electron chi connectivity index (χ4n) is 8.54. The number of thioether (sulfide) groups is 1. The molecule has 63 heavy (non-hydrogen) atoms. The van der Waals surface area contributed by atoms with Gasteiger partial charge in [-0.25, -0.2) is 31.9 Å². The molecule has 1 saturated heterocycles. The lowest BCUT2D eigenvalue weighted by molar-refractivity contribution is -0.0435.